The molecule has 4 rings (SSSR count). The number of ether oxygens (including phenoxy) is 1. The van der Waals surface area contributed by atoms with Gasteiger partial charge in [0.05, 0.1) is 10.5 Å². The fraction of sp³-hybridized carbons (Fsp3) is 0.500. The van der Waals surface area contributed by atoms with E-state index in [9.17, 15) is 9.59 Å². The minimum Gasteiger partial charge on any atom is -0.444 e. The normalized spacial score (nSPS) is 19.9. The van der Waals surface area contributed by atoms with E-state index in [1.807, 2.05) is 32.9 Å². The van der Waals surface area contributed by atoms with Gasteiger partial charge in [0.15, 0.2) is 0 Å². The Bertz CT molecular complexity index is 1180. The minimum atomic E-state index is -0.557. The number of fused-ring (bicyclic) bond motifs is 3. The first-order valence-electron chi connectivity index (χ1n) is 10.2. The van der Waals surface area contributed by atoms with Gasteiger partial charge in [-0.05, 0) is 65.5 Å². The van der Waals surface area contributed by atoms with Crippen LogP contribution in [0.5, 0.6) is 0 Å². The molecule has 1 saturated carbocycles. The lowest BCUT2D eigenvalue weighted by molar-refractivity contribution is 0.0486. The van der Waals surface area contributed by atoms with Crippen molar-refractivity contribution in [3.63, 3.8) is 0 Å². The number of hydrogen-bond donors (Lipinski definition) is 1. The van der Waals surface area contributed by atoms with Crippen LogP contribution in [0.2, 0.25) is 5.02 Å². The molecule has 7 nitrogen and oxygen atoms in total. The van der Waals surface area contributed by atoms with Gasteiger partial charge in [0.1, 0.15) is 22.3 Å². The number of nitrogens with one attached hydrogen (secondary N) is 1. The summed E-state index contributed by atoms with van der Waals surface area (Å²) >= 11 is 6.50. The van der Waals surface area contributed by atoms with Crippen LogP contribution < -0.4 is 10.9 Å². The standard InChI is InChI=1S/C22H26ClN3O4/c1-12-17-19(25-30-12)18-15(23)9-6-10-16(18)26(20(17)27)14-8-5-7-13(11-14)24-21(28)29-22(2,3)4/h6,9-10,13-14H,5,7-8,11H2,1-4H3,(H,24,28). The second-order valence-corrected chi connectivity index (χ2v) is 9.34. The first kappa shape index (κ1) is 20.7. The van der Waals surface area contributed by atoms with Gasteiger partial charge in [-0.3, -0.25) is 4.79 Å². The molecule has 0 saturated heterocycles. The number of nitrogens with zero attached hydrogens (tertiary/aromatic N) is 2. The molecule has 2 aromatic heterocycles. The first-order valence-corrected chi connectivity index (χ1v) is 10.6. The third-order valence-electron chi connectivity index (χ3n) is 5.52. The molecule has 3 aromatic rings. The SMILES string of the molecule is Cc1onc2c1c(=O)n(C1CCCC(NC(=O)OC(C)(C)C)C1)c1cccc(Cl)c21. The molecule has 1 aliphatic rings. The summed E-state index contributed by atoms with van der Waals surface area (Å²) in [6.07, 6.45) is 2.78. The van der Waals surface area contributed by atoms with Crippen molar-refractivity contribution in [1.29, 1.82) is 0 Å². The fourth-order valence-corrected chi connectivity index (χ4v) is 4.60. The van der Waals surface area contributed by atoms with Gasteiger partial charge in [-0.15, -0.1) is 0 Å². The lowest BCUT2D eigenvalue weighted by Gasteiger charge is -2.32. The number of carbonyl (C=O) groups excluding carboxylic acids is 1. The quantitative estimate of drug-likeness (QED) is 0.609. The zero-order valence-electron chi connectivity index (χ0n) is 17.6. The highest BCUT2D eigenvalue weighted by Crippen LogP contribution is 2.35. The van der Waals surface area contributed by atoms with Gasteiger partial charge < -0.3 is 19.1 Å². The maximum atomic E-state index is 13.5. The Hall–Kier alpha value is -2.54. The molecule has 0 radical (unpaired) electrons. The van der Waals surface area contributed by atoms with E-state index in [0.29, 0.717) is 33.5 Å². The van der Waals surface area contributed by atoms with Crippen LogP contribution in [0, 0.1) is 6.92 Å². The molecule has 1 N–H and O–H groups in total. The number of alkyl carbamates (subject to hydrolysis) is 1. The number of benzene rings is 1. The Morgan fingerprint density at radius 3 is 2.80 bits per heavy atom. The van der Waals surface area contributed by atoms with E-state index in [4.69, 9.17) is 20.9 Å². The molecule has 1 amide bonds. The molecule has 0 bridgehead atoms. The second kappa shape index (κ2) is 7.61. The van der Waals surface area contributed by atoms with Crippen molar-refractivity contribution >= 4 is 39.5 Å². The average Bonchev–Trinajstić information content (AvgIpc) is 3.02. The molecule has 8 heteroatoms. The second-order valence-electron chi connectivity index (χ2n) is 8.94. The van der Waals surface area contributed by atoms with Crippen LogP contribution in [0.1, 0.15) is 58.3 Å². The highest BCUT2D eigenvalue weighted by atomic mass is 35.5. The summed E-state index contributed by atoms with van der Waals surface area (Å²) in [4.78, 5) is 25.7. The fourth-order valence-electron chi connectivity index (χ4n) is 4.34. The monoisotopic (exact) mass is 431 g/mol. The number of hydrogen-bond acceptors (Lipinski definition) is 5. The largest absolute Gasteiger partial charge is 0.444 e. The summed E-state index contributed by atoms with van der Waals surface area (Å²) in [5.74, 6) is 0.477. The van der Waals surface area contributed by atoms with Crippen molar-refractivity contribution in [3.8, 4) is 0 Å². The Kier molecular flexibility index (Phi) is 5.26. The van der Waals surface area contributed by atoms with Crippen molar-refractivity contribution in [2.24, 2.45) is 0 Å². The number of aromatic nitrogens is 2. The van der Waals surface area contributed by atoms with Crippen LogP contribution in [0.4, 0.5) is 4.79 Å². The van der Waals surface area contributed by atoms with Crippen LogP contribution in [-0.2, 0) is 4.74 Å². The van der Waals surface area contributed by atoms with E-state index < -0.39 is 11.7 Å². The zero-order chi connectivity index (χ0) is 21.6. The van der Waals surface area contributed by atoms with Gasteiger partial charge in [0.25, 0.3) is 5.56 Å². The predicted molar refractivity (Wildman–Crippen MR) is 116 cm³/mol. The summed E-state index contributed by atoms with van der Waals surface area (Å²) < 4.78 is 12.5. The summed E-state index contributed by atoms with van der Waals surface area (Å²) in [7, 11) is 0. The predicted octanol–water partition coefficient (Wildman–Crippen LogP) is 5.11. The van der Waals surface area contributed by atoms with Crippen molar-refractivity contribution in [3.05, 3.63) is 39.3 Å². The molecule has 1 fully saturated rings. The third kappa shape index (κ3) is 3.78. The number of aryl methyl sites for hydroxylation is 1. The van der Waals surface area contributed by atoms with Crippen LogP contribution in [0.25, 0.3) is 21.8 Å². The first-order chi connectivity index (χ1) is 14.2. The molecule has 2 unspecified atom stereocenters. The van der Waals surface area contributed by atoms with E-state index in [-0.39, 0.29) is 17.6 Å². The Balaban J connectivity index is 1.74. The van der Waals surface area contributed by atoms with Crippen molar-refractivity contribution in [2.75, 3.05) is 0 Å². The molecular weight excluding hydrogens is 406 g/mol. The lowest BCUT2D eigenvalue weighted by atomic mass is 9.90. The summed E-state index contributed by atoms with van der Waals surface area (Å²) in [5, 5.41) is 8.76. The maximum absolute atomic E-state index is 13.5. The van der Waals surface area contributed by atoms with Gasteiger partial charge in [-0.2, -0.15) is 0 Å². The number of amides is 1. The van der Waals surface area contributed by atoms with Crippen molar-refractivity contribution in [2.45, 2.75) is 71.1 Å². The molecule has 1 aliphatic carbocycles. The smallest absolute Gasteiger partial charge is 0.407 e. The summed E-state index contributed by atoms with van der Waals surface area (Å²) in [5.41, 5.74) is 0.532. The van der Waals surface area contributed by atoms with E-state index in [1.54, 1.807) is 17.6 Å². The van der Waals surface area contributed by atoms with Crippen LogP contribution in [-0.4, -0.2) is 27.5 Å². The molecule has 30 heavy (non-hydrogen) atoms. The summed E-state index contributed by atoms with van der Waals surface area (Å²) in [6.45, 7) is 7.24. The maximum Gasteiger partial charge on any atom is 0.407 e. The Labute approximate surface area is 179 Å². The van der Waals surface area contributed by atoms with Gasteiger partial charge in [-0.1, -0.05) is 22.8 Å². The van der Waals surface area contributed by atoms with E-state index in [2.05, 4.69) is 10.5 Å². The Morgan fingerprint density at radius 2 is 2.07 bits per heavy atom. The molecule has 2 heterocycles. The highest BCUT2D eigenvalue weighted by Gasteiger charge is 2.29. The molecule has 160 valence electrons. The van der Waals surface area contributed by atoms with E-state index in [0.717, 1.165) is 24.8 Å². The number of rotatable bonds is 2. The van der Waals surface area contributed by atoms with Crippen LogP contribution in [0.3, 0.4) is 0 Å². The van der Waals surface area contributed by atoms with Gasteiger partial charge in [0, 0.05) is 17.5 Å². The van der Waals surface area contributed by atoms with E-state index in [1.165, 1.54) is 0 Å². The van der Waals surface area contributed by atoms with Crippen molar-refractivity contribution < 1.29 is 14.1 Å². The highest BCUT2D eigenvalue weighted by molar-refractivity contribution is 6.37. The molecule has 2 atom stereocenters. The number of carbonyl (C=O) groups is 1. The zero-order valence-corrected chi connectivity index (χ0v) is 18.4. The minimum absolute atomic E-state index is 0.0704. The summed E-state index contributed by atoms with van der Waals surface area (Å²) in [6, 6.07) is 5.36. The van der Waals surface area contributed by atoms with Crippen LogP contribution >= 0.6 is 11.6 Å². The molecule has 0 spiro atoms. The van der Waals surface area contributed by atoms with Gasteiger partial charge >= 0.3 is 6.09 Å². The van der Waals surface area contributed by atoms with E-state index >= 15 is 0 Å². The van der Waals surface area contributed by atoms with Gasteiger partial charge in [-0.25, -0.2) is 4.79 Å². The average molecular weight is 432 g/mol. The molecule has 1 aromatic carbocycles. The number of halogens is 1. The molecular formula is C22H26ClN3O4. The topological polar surface area (TPSA) is 86.4 Å². The lowest BCUT2D eigenvalue weighted by Crippen LogP contribution is -2.42. The Morgan fingerprint density at radius 1 is 1.30 bits per heavy atom. The van der Waals surface area contributed by atoms with Gasteiger partial charge in [0.2, 0.25) is 0 Å². The third-order valence-corrected chi connectivity index (χ3v) is 5.83. The molecule has 0 aliphatic heterocycles. The van der Waals surface area contributed by atoms with Crippen LogP contribution in [0.15, 0.2) is 27.5 Å². The van der Waals surface area contributed by atoms with Crippen molar-refractivity contribution in [1.82, 2.24) is 15.0 Å². The number of pyridine rings is 1.